The van der Waals surface area contributed by atoms with Gasteiger partial charge in [0.25, 0.3) is 0 Å². The predicted molar refractivity (Wildman–Crippen MR) is 83.5 cm³/mol. The number of ether oxygens (including phenoxy) is 1. The van der Waals surface area contributed by atoms with E-state index in [0.717, 1.165) is 12.8 Å². The Morgan fingerprint density at radius 2 is 2.18 bits per heavy atom. The molecule has 1 aromatic heterocycles. The van der Waals surface area contributed by atoms with Gasteiger partial charge in [0.1, 0.15) is 5.75 Å². The molecular weight excluding hydrogens is 355 g/mol. The van der Waals surface area contributed by atoms with E-state index in [-0.39, 0.29) is 9.89 Å². The number of aromatic nitrogens is 1. The van der Waals surface area contributed by atoms with Gasteiger partial charge in [-0.2, -0.15) is 4.39 Å². The number of nitrogens with zero attached hydrogens (tertiary/aromatic N) is 2. The standard InChI is InChI=1S/C15H20BrFN2O3/c1-14(2,3)19(13(20)21)8-15(4-5-15)9-22-10-6-11(16)12(17)18-7-10/h6-7H,4-5,8-9H2,1-3H3,(H,20,21). The fourth-order valence-corrected chi connectivity index (χ4v) is 2.50. The van der Waals surface area contributed by atoms with E-state index in [0.29, 0.717) is 18.9 Å². The SMILES string of the molecule is CC(C)(C)N(CC1(COc2cnc(F)c(Br)c2)CC1)C(=O)O. The summed E-state index contributed by atoms with van der Waals surface area (Å²) < 4.78 is 19.0. The largest absolute Gasteiger partial charge is 0.491 e. The lowest BCUT2D eigenvalue weighted by Gasteiger charge is -2.36. The first-order valence-corrected chi connectivity index (χ1v) is 7.87. The summed E-state index contributed by atoms with van der Waals surface area (Å²) in [4.78, 5) is 16.5. The molecule has 22 heavy (non-hydrogen) atoms. The number of halogens is 2. The number of pyridine rings is 1. The van der Waals surface area contributed by atoms with Crippen molar-refractivity contribution in [2.24, 2.45) is 5.41 Å². The van der Waals surface area contributed by atoms with Gasteiger partial charge >= 0.3 is 6.09 Å². The molecular formula is C15H20BrFN2O3. The van der Waals surface area contributed by atoms with Crippen molar-refractivity contribution in [2.45, 2.75) is 39.2 Å². The van der Waals surface area contributed by atoms with Gasteiger partial charge in [0.15, 0.2) is 0 Å². The predicted octanol–water partition coefficient (Wildman–Crippen LogP) is 3.92. The molecule has 0 atom stereocenters. The zero-order valence-corrected chi connectivity index (χ0v) is 14.5. The minimum atomic E-state index is -0.926. The summed E-state index contributed by atoms with van der Waals surface area (Å²) in [5.41, 5.74) is -0.617. The second-order valence-electron chi connectivity index (χ2n) is 6.77. The molecule has 1 aliphatic carbocycles. The van der Waals surface area contributed by atoms with Crippen LogP contribution in [0.25, 0.3) is 0 Å². The summed E-state index contributed by atoms with van der Waals surface area (Å²) >= 11 is 3.06. The van der Waals surface area contributed by atoms with Crippen molar-refractivity contribution in [3.63, 3.8) is 0 Å². The first-order valence-electron chi connectivity index (χ1n) is 7.07. The summed E-state index contributed by atoms with van der Waals surface area (Å²) in [6.07, 6.45) is 2.24. The summed E-state index contributed by atoms with van der Waals surface area (Å²) in [6.45, 7) is 6.45. The summed E-state index contributed by atoms with van der Waals surface area (Å²) in [6, 6.07) is 1.52. The van der Waals surface area contributed by atoms with Crippen molar-refractivity contribution in [1.82, 2.24) is 9.88 Å². The number of hydrogen-bond acceptors (Lipinski definition) is 3. The van der Waals surface area contributed by atoms with E-state index in [1.165, 1.54) is 17.2 Å². The van der Waals surface area contributed by atoms with E-state index in [2.05, 4.69) is 20.9 Å². The van der Waals surface area contributed by atoms with E-state index >= 15 is 0 Å². The van der Waals surface area contributed by atoms with Crippen molar-refractivity contribution in [3.8, 4) is 5.75 Å². The van der Waals surface area contributed by atoms with Crippen LogP contribution < -0.4 is 4.74 Å². The van der Waals surface area contributed by atoms with Gasteiger partial charge in [-0.05, 0) is 49.5 Å². The molecule has 1 aliphatic rings. The zero-order chi connectivity index (χ0) is 16.5. The molecule has 1 fully saturated rings. The van der Waals surface area contributed by atoms with Gasteiger partial charge in [-0.25, -0.2) is 9.78 Å². The number of amides is 1. The highest BCUT2D eigenvalue weighted by Gasteiger charge is 2.47. The zero-order valence-electron chi connectivity index (χ0n) is 12.9. The Morgan fingerprint density at radius 3 is 2.64 bits per heavy atom. The van der Waals surface area contributed by atoms with Gasteiger partial charge in [-0.1, -0.05) is 0 Å². The maximum atomic E-state index is 13.1. The Labute approximate surface area is 137 Å². The van der Waals surface area contributed by atoms with E-state index in [1.54, 1.807) is 0 Å². The molecule has 0 unspecified atom stereocenters. The molecule has 1 heterocycles. The topological polar surface area (TPSA) is 62.7 Å². The molecule has 0 spiro atoms. The van der Waals surface area contributed by atoms with Crippen LogP contribution in [0.4, 0.5) is 9.18 Å². The first kappa shape index (κ1) is 17.0. The highest BCUT2D eigenvalue weighted by molar-refractivity contribution is 9.10. The van der Waals surface area contributed by atoms with E-state index in [9.17, 15) is 14.3 Å². The summed E-state index contributed by atoms with van der Waals surface area (Å²) in [5, 5.41) is 9.38. The molecule has 1 N–H and O–H groups in total. The molecule has 0 bridgehead atoms. The highest BCUT2D eigenvalue weighted by atomic mass is 79.9. The Morgan fingerprint density at radius 1 is 1.55 bits per heavy atom. The minimum absolute atomic E-state index is 0.160. The lowest BCUT2D eigenvalue weighted by molar-refractivity contribution is 0.0745. The van der Waals surface area contributed by atoms with E-state index < -0.39 is 17.6 Å². The Kier molecular flexibility index (Phi) is 4.65. The molecule has 0 aliphatic heterocycles. The fourth-order valence-electron chi connectivity index (χ4n) is 2.17. The maximum Gasteiger partial charge on any atom is 0.407 e. The summed E-state index contributed by atoms with van der Waals surface area (Å²) in [5.74, 6) is -0.115. The van der Waals surface area contributed by atoms with E-state index in [4.69, 9.17) is 4.74 Å². The number of hydrogen-bond donors (Lipinski definition) is 1. The van der Waals surface area contributed by atoms with Crippen molar-refractivity contribution >= 4 is 22.0 Å². The van der Waals surface area contributed by atoms with Gasteiger partial charge in [-0.15, -0.1) is 0 Å². The smallest absolute Gasteiger partial charge is 0.407 e. The van der Waals surface area contributed by atoms with Crippen LogP contribution in [0.15, 0.2) is 16.7 Å². The van der Waals surface area contributed by atoms with Gasteiger partial charge in [0, 0.05) is 23.6 Å². The average molecular weight is 375 g/mol. The monoisotopic (exact) mass is 374 g/mol. The van der Waals surface area contributed by atoms with Crippen molar-refractivity contribution in [2.75, 3.05) is 13.2 Å². The number of carbonyl (C=O) groups is 1. The molecule has 5 nitrogen and oxygen atoms in total. The average Bonchev–Trinajstić information content (AvgIpc) is 3.16. The van der Waals surface area contributed by atoms with Crippen LogP contribution >= 0.6 is 15.9 Å². The Hall–Kier alpha value is -1.37. The molecule has 2 rings (SSSR count). The Bertz CT molecular complexity index is 570. The third-order valence-electron chi connectivity index (χ3n) is 3.81. The third-order valence-corrected chi connectivity index (χ3v) is 4.36. The number of carboxylic acid groups (broad SMARTS) is 1. The molecule has 0 aromatic carbocycles. The second-order valence-corrected chi connectivity index (χ2v) is 7.63. The molecule has 122 valence electrons. The third kappa shape index (κ3) is 4.09. The first-order chi connectivity index (χ1) is 10.1. The normalized spacial score (nSPS) is 16.2. The molecule has 1 aromatic rings. The van der Waals surface area contributed by atoms with Gasteiger partial charge in [0.2, 0.25) is 5.95 Å². The van der Waals surface area contributed by atoms with Gasteiger partial charge in [0.05, 0.1) is 17.3 Å². The van der Waals surface area contributed by atoms with Crippen LogP contribution in [0.1, 0.15) is 33.6 Å². The van der Waals surface area contributed by atoms with E-state index in [1.807, 2.05) is 20.8 Å². The molecule has 0 radical (unpaired) electrons. The minimum Gasteiger partial charge on any atom is -0.491 e. The second kappa shape index (κ2) is 6.02. The molecule has 7 heteroatoms. The number of rotatable bonds is 5. The molecule has 1 amide bonds. The highest BCUT2D eigenvalue weighted by Crippen LogP contribution is 2.47. The Balaban J connectivity index is 1.99. The van der Waals surface area contributed by atoms with Crippen molar-refractivity contribution in [1.29, 1.82) is 0 Å². The van der Waals surface area contributed by atoms with Crippen molar-refractivity contribution < 1.29 is 19.0 Å². The van der Waals surface area contributed by atoms with Crippen LogP contribution in [0.2, 0.25) is 0 Å². The van der Waals surface area contributed by atoms with Crippen LogP contribution in [0, 0.1) is 11.4 Å². The lowest BCUT2D eigenvalue weighted by Crippen LogP contribution is -2.48. The molecule has 0 saturated heterocycles. The lowest BCUT2D eigenvalue weighted by atomic mass is 10.0. The van der Waals surface area contributed by atoms with Gasteiger partial charge in [-0.3, -0.25) is 0 Å². The fraction of sp³-hybridized carbons (Fsp3) is 0.600. The quantitative estimate of drug-likeness (QED) is 0.793. The van der Waals surface area contributed by atoms with Crippen LogP contribution in [0.5, 0.6) is 5.75 Å². The van der Waals surface area contributed by atoms with Gasteiger partial charge < -0.3 is 14.7 Å². The maximum absolute atomic E-state index is 13.1. The van der Waals surface area contributed by atoms with Crippen LogP contribution in [-0.4, -0.2) is 39.8 Å². The van der Waals surface area contributed by atoms with Crippen molar-refractivity contribution in [3.05, 3.63) is 22.7 Å². The molecule has 1 saturated carbocycles. The summed E-state index contributed by atoms with van der Waals surface area (Å²) in [7, 11) is 0. The van der Waals surface area contributed by atoms with Crippen LogP contribution in [0.3, 0.4) is 0 Å². The van der Waals surface area contributed by atoms with Crippen LogP contribution in [-0.2, 0) is 0 Å².